The highest BCUT2D eigenvalue weighted by Gasteiger charge is 2.10. The summed E-state index contributed by atoms with van der Waals surface area (Å²) in [5.74, 6) is 0.811. The molecule has 1 heterocycles. The standard InChI is InChI=1S/C14H19N3O2/c1-16(9-8-14(18)19-3)10-13-15-11-6-4-5-7-12(11)17(13)2/h4-7H,8-10H2,1-3H3. The van der Waals surface area contributed by atoms with Gasteiger partial charge in [0.25, 0.3) is 0 Å². The van der Waals surface area contributed by atoms with Gasteiger partial charge in [0.2, 0.25) is 0 Å². The van der Waals surface area contributed by atoms with Crippen LogP contribution in [0.25, 0.3) is 11.0 Å². The zero-order valence-electron chi connectivity index (χ0n) is 11.6. The van der Waals surface area contributed by atoms with Crippen molar-refractivity contribution in [1.29, 1.82) is 0 Å². The first-order chi connectivity index (χ1) is 9.11. The van der Waals surface area contributed by atoms with Gasteiger partial charge in [0, 0.05) is 13.6 Å². The highest BCUT2D eigenvalue weighted by atomic mass is 16.5. The number of rotatable bonds is 5. The number of para-hydroxylation sites is 2. The number of nitrogens with zero attached hydrogens (tertiary/aromatic N) is 3. The van der Waals surface area contributed by atoms with Gasteiger partial charge in [-0.1, -0.05) is 12.1 Å². The number of hydrogen-bond acceptors (Lipinski definition) is 4. The SMILES string of the molecule is COC(=O)CCN(C)Cc1nc2ccccc2n1C. The van der Waals surface area contributed by atoms with Crippen molar-refractivity contribution in [2.45, 2.75) is 13.0 Å². The maximum atomic E-state index is 11.1. The summed E-state index contributed by atoms with van der Waals surface area (Å²) >= 11 is 0. The normalized spacial score (nSPS) is 11.2. The van der Waals surface area contributed by atoms with Crippen LogP contribution in [0.3, 0.4) is 0 Å². The molecule has 0 unspecified atom stereocenters. The molecule has 1 aromatic carbocycles. The van der Waals surface area contributed by atoms with Crippen LogP contribution in [0.4, 0.5) is 0 Å². The van der Waals surface area contributed by atoms with E-state index in [1.165, 1.54) is 7.11 Å². The number of fused-ring (bicyclic) bond motifs is 1. The lowest BCUT2D eigenvalue weighted by molar-refractivity contribution is -0.140. The topological polar surface area (TPSA) is 47.4 Å². The van der Waals surface area contributed by atoms with Gasteiger partial charge in [-0.15, -0.1) is 0 Å². The molecule has 0 spiro atoms. The number of imidazole rings is 1. The van der Waals surface area contributed by atoms with E-state index >= 15 is 0 Å². The van der Waals surface area contributed by atoms with E-state index in [1.807, 2.05) is 32.3 Å². The van der Waals surface area contributed by atoms with Crippen LogP contribution in [0.15, 0.2) is 24.3 Å². The molecule has 2 rings (SSSR count). The second kappa shape index (κ2) is 5.84. The molecule has 0 fully saturated rings. The second-order valence-electron chi connectivity index (χ2n) is 4.64. The summed E-state index contributed by atoms with van der Waals surface area (Å²) in [7, 11) is 5.40. The first-order valence-corrected chi connectivity index (χ1v) is 6.27. The number of aromatic nitrogens is 2. The zero-order chi connectivity index (χ0) is 13.8. The summed E-state index contributed by atoms with van der Waals surface area (Å²) in [5, 5.41) is 0. The van der Waals surface area contributed by atoms with E-state index < -0.39 is 0 Å². The number of ether oxygens (including phenoxy) is 1. The molecule has 0 bridgehead atoms. The first kappa shape index (κ1) is 13.5. The Labute approximate surface area is 112 Å². The average molecular weight is 261 g/mol. The number of methoxy groups -OCH3 is 1. The van der Waals surface area contributed by atoms with Crippen molar-refractivity contribution >= 4 is 17.0 Å². The Morgan fingerprint density at radius 3 is 2.84 bits per heavy atom. The van der Waals surface area contributed by atoms with Gasteiger partial charge >= 0.3 is 5.97 Å². The monoisotopic (exact) mass is 261 g/mol. The van der Waals surface area contributed by atoms with Gasteiger partial charge in [-0.2, -0.15) is 0 Å². The molecule has 0 aliphatic rings. The molecule has 1 aromatic heterocycles. The van der Waals surface area contributed by atoms with E-state index in [9.17, 15) is 4.79 Å². The van der Waals surface area contributed by atoms with Gasteiger partial charge in [-0.3, -0.25) is 9.69 Å². The molecule has 5 heteroatoms. The predicted molar refractivity (Wildman–Crippen MR) is 73.7 cm³/mol. The number of aryl methyl sites for hydroxylation is 1. The zero-order valence-corrected chi connectivity index (χ0v) is 11.6. The van der Waals surface area contributed by atoms with Crippen LogP contribution >= 0.6 is 0 Å². The van der Waals surface area contributed by atoms with Gasteiger partial charge < -0.3 is 9.30 Å². The van der Waals surface area contributed by atoms with Crippen LogP contribution in [-0.4, -0.2) is 41.1 Å². The van der Waals surface area contributed by atoms with Gasteiger partial charge in [0.05, 0.1) is 31.1 Å². The first-order valence-electron chi connectivity index (χ1n) is 6.27. The lowest BCUT2D eigenvalue weighted by Crippen LogP contribution is -2.23. The number of hydrogen-bond donors (Lipinski definition) is 0. The Balaban J connectivity index is 2.04. The lowest BCUT2D eigenvalue weighted by Gasteiger charge is -2.15. The molecule has 0 atom stereocenters. The summed E-state index contributed by atoms with van der Waals surface area (Å²) < 4.78 is 6.72. The van der Waals surface area contributed by atoms with E-state index in [1.54, 1.807) is 0 Å². The fraction of sp³-hybridized carbons (Fsp3) is 0.429. The van der Waals surface area contributed by atoms with Gasteiger partial charge in [-0.05, 0) is 19.2 Å². The maximum absolute atomic E-state index is 11.1. The molecular weight excluding hydrogens is 242 g/mol. The number of carbonyl (C=O) groups excluding carboxylic acids is 1. The third kappa shape index (κ3) is 3.12. The minimum absolute atomic E-state index is 0.183. The van der Waals surface area contributed by atoms with Gasteiger partial charge in [0.1, 0.15) is 5.82 Å². The van der Waals surface area contributed by atoms with Crippen molar-refractivity contribution in [2.75, 3.05) is 20.7 Å². The van der Waals surface area contributed by atoms with Crippen LogP contribution < -0.4 is 0 Å². The van der Waals surface area contributed by atoms with Crippen LogP contribution in [-0.2, 0) is 23.1 Å². The van der Waals surface area contributed by atoms with Crippen molar-refractivity contribution in [3.05, 3.63) is 30.1 Å². The third-order valence-electron chi connectivity index (χ3n) is 3.22. The molecule has 0 amide bonds. The molecule has 0 aliphatic carbocycles. The van der Waals surface area contributed by atoms with Crippen molar-refractivity contribution in [2.24, 2.45) is 7.05 Å². The Hall–Kier alpha value is -1.88. The third-order valence-corrected chi connectivity index (χ3v) is 3.22. The average Bonchev–Trinajstić information content (AvgIpc) is 2.73. The quantitative estimate of drug-likeness (QED) is 0.766. The summed E-state index contributed by atoms with van der Waals surface area (Å²) in [6, 6.07) is 8.06. The van der Waals surface area contributed by atoms with E-state index in [0.717, 1.165) is 16.9 Å². The Bertz CT molecular complexity index is 577. The fourth-order valence-corrected chi connectivity index (χ4v) is 2.04. The highest BCUT2D eigenvalue weighted by Crippen LogP contribution is 2.15. The number of carbonyl (C=O) groups is 1. The van der Waals surface area contributed by atoms with Crippen LogP contribution in [0, 0.1) is 0 Å². The highest BCUT2D eigenvalue weighted by molar-refractivity contribution is 5.75. The van der Waals surface area contributed by atoms with Gasteiger partial charge in [0.15, 0.2) is 0 Å². The molecule has 0 aliphatic heterocycles. The molecule has 19 heavy (non-hydrogen) atoms. The Morgan fingerprint density at radius 2 is 2.16 bits per heavy atom. The van der Waals surface area contributed by atoms with Crippen LogP contribution in [0.2, 0.25) is 0 Å². The molecule has 0 saturated heterocycles. The maximum Gasteiger partial charge on any atom is 0.306 e. The molecule has 0 saturated carbocycles. The van der Waals surface area contributed by atoms with E-state index in [0.29, 0.717) is 19.5 Å². The van der Waals surface area contributed by atoms with Crippen molar-refractivity contribution in [3.8, 4) is 0 Å². The molecule has 0 radical (unpaired) electrons. The number of benzene rings is 1. The second-order valence-corrected chi connectivity index (χ2v) is 4.64. The Kier molecular flexibility index (Phi) is 4.16. The molecule has 5 nitrogen and oxygen atoms in total. The van der Waals surface area contributed by atoms with E-state index in [-0.39, 0.29) is 5.97 Å². The molecular formula is C14H19N3O2. The molecule has 0 N–H and O–H groups in total. The number of esters is 1. The van der Waals surface area contributed by atoms with Crippen LogP contribution in [0.1, 0.15) is 12.2 Å². The molecule has 2 aromatic rings. The predicted octanol–water partition coefficient (Wildman–Crippen LogP) is 1.57. The van der Waals surface area contributed by atoms with E-state index in [4.69, 9.17) is 0 Å². The summed E-state index contributed by atoms with van der Waals surface area (Å²) in [6.45, 7) is 1.37. The van der Waals surface area contributed by atoms with Gasteiger partial charge in [-0.25, -0.2) is 4.98 Å². The minimum Gasteiger partial charge on any atom is -0.469 e. The smallest absolute Gasteiger partial charge is 0.306 e. The summed E-state index contributed by atoms with van der Waals surface area (Å²) in [6.07, 6.45) is 0.400. The molecule has 102 valence electrons. The van der Waals surface area contributed by atoms with Crippen molar-refractivity contribution in [3.63, 3.8) is 0 Å². The van der Waals surface area contributed by atoms with Crippen molar-refractivity contribution in [1.82, 2.24) is 14.5 Å². The van der Waals surface area contributed by atoms with E-state index in [2.05, 4.69) is 25.3 Å². The minimum atomic E-state index is -0.183. The Morgan fingerprint density at radius 1 is 1.42 bits per heavy atom. The van der Waals surface area contributed by atoms with Crippen LogP contribution in [0.5, 0.6) is 0 Å². The summed E-state index contributed by atoms with van der Waals surface area (Å²) in [5.41, 5.74) is 2.13. The fourth-order valence-electron chi connectivity index (χ4n) is 2.04. The summed E-state index contributed by atoms with van der Waals surface area (Å²) in [4.78, 5) is 17.8. The largest absolute Gasteiger partial charge is 0.469 e. The lowest BCUT2D eigenvalue weighted by atomic mass is 10.3. The van der Waals surface area contributed by atoms with Crippen molar-refractivity contribution < 1.29 is 9.53 Å².